The fourth-order valence-corrected chi connectivity index (χ4v) is 2.18. The Hall–Kier alpha value is -1.41. The minimum atomic E-state index is -0.863. The second-order valence-corrected chi connectivity index (χ2v) is 4.74. The first-order valence-electron chi connectivity index (χ1n) is 5.73. The topological polar surface area (TPSA) is 0 Å². The summed E-state index contributed by atoms with van der Waals surface area (Å²) >= 11 is 6.33. The van der Waals surface area contributed by atoms with Crippen LogP contribution in [0.15, 0.2) is 48.5 Å². The zero-order valence-corrected chi connectivity index (χ0v) is 10.7. The summed E-state index contributed by atoms with van der Waals surface area (Å²) in [5.41, 5.74) is 1.66. The number of benzene rings is 2. The molecule has 0 radical (unpaired) electrons. The smallest absolute Gasteiger partial charge is 0.159 e. The predicted molar refractivity (Wildman–Crippen MR) is 69.8 cm³/mol. The Labute approximate surface area is 110 Å². The summed E-state index contributed by atoms with van der Waals surface area (Å²) in [5, 5.41) is -0.387. The van der Waals surface area contributed by atoms with Crippen LogP contribution in [0.25, 0.3) is 0 Å². The lowest BCUT2D eigenvalue weighted by Gasteiger charge is -2.19. The molecule has 2 aromatic carbocycles. The molecular weight excluding hydrogens is 254 g/mol. The standard InChI is InChI=1S/C15H13ClF2/c1-10(11-5-3-2-4-6-11)15(16)12-7-8-13(17)14(18)9-12/h2-10,15H,1H3. The minimum Gasteiger partial charge on any atom is -0.204 e. The van der Waals surface area contributed by atoms with Crippen LogP contribution < -0.4 is 0 Å². The van der Waals surface area contributed by atoms with Gasteiger partial charge in [-0.1, -0.05) is 43.3 Å². The lowest BCUT2D eigenvalue weighted by atomic mass is 9.93. The predicted octanol–water partition coefficient (Wildman–Crippen LogP) is 5.05. The van der Waals surface area contributed by atoms with E-state index in [0.717, 1.165) is 17.7 Å². The maximum absolute atomic E-state index is 13.2. The molecule has 0 aliphatic heterocycles. The first kappa shape index (κ1) is 13.0. The molecule has 0 fully saturated rings. The zero-order valence-electron chi connectivity index (χ0n) is 9.91. The molecule has 0 amide bonds. The molecule has 0 aromatic heterocycles. The van der Waals surface area contributed by atoms with E-state index in [9.17, 15) is 8.78 Å². The highest BCUT2D eigenvalue weighted by molar-refractivity contribution is 6.21. The largest absolute Gasteiger partial charge is 0.204 e. The first-order valence-corrected chi connectivity index (χ1v) is 6.17. The van der Waals surface area contributed by atoms with Crippen molar-refractivity contribution in [2.24, 2.45) is 0 Å². The summed E-state index contributed by atoms with van der Waals surface area (Å²) in [4.78, 5) is 0. The molecule has 0 saturated carbocycles. The van der Waals surface area contributed by atoms with Crippen molar-refractivity contribution in [1.29, 1.82) is 0 Å². The second kappa shape index (κ2) is 5.49. The van der Waals surface area contributed by atoms with Gasteiger partial charge in [-0.15, -0.1) is 11.6 Å². The van der Waals surface area contributed by atoms with Crippen LogP contribution in [0.4, 0.5) is 8.78 Å². The van der Waals surface area contributed by atoms with Gasteiger partial charge in [0.1, 0.15) is 0 Å². The Morgan fingerprint density at radius 3 is 2.17 bits per heavy atom. The van der Waals surface area contributed by atoms with E-state index in [4.69, 9.17) is 11.6 Å². The van der Waals surface area contributed by atoms with Crippen LogP contribution in [0.1, 0.15) is 29.3 Å². The molecule has 2 rings (SSSR count). The van der Waals surface area contributed by atoms with Crippen LogP contribution in [0, 0.1) is 11.6 Å². The normalized spacial score (nSPS) is 14.2. The molecule has 2 aromatic rings. The molecule has 3 heteroatoms. The first-order chi connectivity index (χ1) is 8.59. The van der Waals surface area contributed by atoms with Gasteiger partial charge in [-0.2, -0.15) is 0 Å². The fraction of sp³-hybridized carbons (Fsp3) is 0.200. The molecule has 0 heterocycles. The van der Waals surface area contributed by atoms with Crippen molar-refractivity contribution >= 4 is 11.6 Å². The summed E-state index contributed by atoms with van der Waals surface area (Å²) in [5.74, 6) is -1.69. The van der Waals surface area contributed by atoms with Gasteiger partial charge in [0, 0.05) is 5.92 Å². The van der Waals surface area contributed by atoms with Gasteiger partial charge in [0.05, 0.1) is 5.38 Å². The summed E-state index contributed by atoms with van der Waals surface area (Å²) in [6.07, 6.45) is 0. The van der Waals surface area contributed by atoms with Crippen LogP contribution in [0.2, 0.25) is 0 Å². The molecule has 0 aliphatic rings. The molecule has 0 N–H and O–H groups in total. The highest BCUT2D eigenvalue weighted by Gasteiger charge is 2.19. The highest BCUT2D eigenvalue weighted by Crippen LogP contribution is 2.36. The van der Waals surface area contributed by atoms with E-state index in [2.05, 4.69) is 0 Å². The second-order valence-electron chi connectivity index (χ2n) is 4.27. The summed E-state index contributed by atoms with van der Waals surface area (Å²) in [6, 6.07) is 13.5. The quantitative estimate of drug-likeness (QED) is 0.682. The van der Waals surface area contributed by atoms with Crippen LogP contribution in [0.3, 0.4) is 0 Å². The lowest BCUT2D eigenvalue weighted by molar-refractivity contribution is 0.506. The monoisotopic (exact) mass is 266 g/mol. The Kier molecular flexibility index (Phi) is 3.97. The average molecular weight is 267 g/mol. The molecule has 18 heavy (non-hydrogen) atoms. The number of hydrogen-bond acceptors (Lipinski definition) is 0. The molecule has 94 valence electrons. The maximum atomic E-state index is 13.2. The maximum Gasteiger partial charge on any atom is 0.159 e. The minimum absolute atomic E-state index is 0.0257. The summed E-state index contributed by atoms with van der Waals surface area (Å²) in [7, 11) is 0. The van der Waals surface area contributed by atoms with E-state index in [1.165, 1.54) is 6.07 Å². The van der Waals surface area contributed by atoms with Crippen molar-refractivity contribution in [2.45, 2.75) is 18.2 Å². The van der Waals surface area contributed by atoms with Crippen molar-refractivity contribution in [2.75, 3.05) is 0 Å². The van der Waals surface area contributed by atoms with E-state index < -0.39 is 11.6 Å². The van der Waals surface area contributed by atoms with Crippen LogP contribution in [-0.2, 0) is 0 Å². The van der Waals surface area contributed by atoms with E-state index in [1.807, 2.05) is 37.3 Å². The molecule has 0 nitrogen and oxygen atoms in total. The van der Waals surface area contributed by atoms with Crippen LogP contribution in [0.5, 0.6) is 0 Å². The number of rotatable bonds is 3. The lowest BCUT2D eigenvalue weighted by Crippen LogP contribution is -2.03. The molecular formula is C15H13ClF2. The van der Waals surface area contributed by atoms with Gasteiger partial charge in [-0.3, -0.25) is 0 Å². The SMILES string of the molecule is CC(c1ccccc1)C(Cl)c1ccc(F)c(F)c1. The van der Waals surface area contributed by atoms with Gasteiger partial charge < -0.3 is 0 Å². The van der Waals surface area contributed by atoms with Gasteiger partial charge in [0.15, 0.2) is 11.6 Å². The molecule has 0 spiro atoms. The van der Waals surface area contributed by atoms with E-state index in [-0.39, 0.29) is 11.3 Å². The van der Waals surface area contributed by atoms with Crippen molar-refractivity contribution in [1.82, 2.24) is 0 Å². The van der Waals surface area contributed by atoms with Crippen molar-refractivity contribution < 1.29 is 8.78 Å². The Bertz CT molecular complexity index is 525. The molecule has 2 unspecified atom stereocenters. The van der Waals surface area contributed by atoms with Gasteiger partial charge in [-0.25, -0.2) is 8.78 Å². The molecule has 0 bridgehead atoms. The number of hydrogen-bond donors (Lipinski definition) is 0. The van der Waals surface area contributed by atoms with E-state index in [1.54, 1.807) is 0 Å². The van der Waals surface area contributed by atoms with Gasteiger partial charge in [0.25, 0.3) is 0 Å². The summed E-state index contributed by atoms with van der Waals surface area (Å²) < 4.78 is 26.0. The van der Waals surface area contributed by atoms with E-state index >= 15 is 0 Å². The Balaban J connectivity index is 2.25. The molecule has 2 atom stereocenters. The number of halogens is 3. The molecule has 0 aliphatic carbocycles. The van der Waals surface area contributed by atoms with Crippen molar-refractivity contribution in [3.05, 3.63) is 71.3 Å². The average Bonchev–Trinajstić information content (AvgIpc) is 2.41. The van der Waals surface area contributed by atoms with Crippen molar-refractivity contribution in [3.63, 3.8) is 0 Å². The van der Waals surface area contributed by atoms with E-state index in [0.29, 0.717) is 5.56 Å². The Morgan fingerprint density at radius 1 is 0.889 bits per heavy atom. The van der Waals surface area contributed by atoms with Crippen LogP contribution >= 0.6 is 11.6 Å². The van der Waals surface area contributed by atoms with Crippen LogP contribution in [-0.4, -0.2) is 0 Å². The third-order valence-electron chi connectivity index (χ3n) is 3.03. The summed E-state index contributed by atoms with van der Waals surface area (Å²) in [6.45, 7) is 1.97. The Morgan fingerprint density at radius 2 is 1.56 bits per heavy atom. The van der Waals surface area contributed by atoms with Gasteiger partial charge in [-0.05, 0) is 23.3 Å². The third kappa shape index (κ3) is 2.70. The van der Waals surface area contributed by atoms with Gasteiger partial charge in [0.2, 0.25) is 0 Å². The fourth-order valence-electron chi connectivity index (χ4n) is 1.90. The third-order valence-corrected chi connectivity index (χ3v) is 3.66. The van der Waals surface area contributed by atoms with Crippen molar-refractivity contribution in [3.8, 4) is 0 Å². The highest BCUT2D eigenvalue weighted by atomic mass is 35.5. The number of alkyl halides is 1. The van der Waals surface area contributed by atoms with Gasteiger partial charge >= 0.3 is 0 Å². The molecule has 0 saturated heterocycles. The zero-order chi connectivity index (χ0) is 13.1.